The zero-order chi connectivity index (χ0) is 10.8. The number of nitrogens with zero attached hydrogens (tertiary/aromatic N) is 2. The summed E-state index contributed by atoms with van der Waals surface area (Å²) < 4.78 is 5.38. The molecule has 0 unspecified atom stereocenters. The van der Waals surface area contributed by atoms with E-state index < -0.39 is 5.97 Å². The molecule has 0 radical (unpaired) electrons. The molecule has 0 saturated heterocycles. The molecule has 78 valence electrons. The third-order valence-corrected chi connectivity index (χ3v) is 2.79. The number of hydrogen-bond acceptors (Lipinski definition) is 5. The van der Waals surface area contributed by atoms with Crippen LogP contribution in [0.1, 0.15) is 5.89 Å². The number of carboxylic acid groups (broad SMARTS) is 1. The monoisotopic (exact) mass is 244 g/mol. The van der Waals surface area contributed by atoms with Gasteiger partial charge in [-0.15, -0.1) is 11.3 Å². The fraction of sp³-hybridized carbons (Fsp3) is 0.125. The highest BCUT2D eigenvalue weighted by Gasteiger charge is 2.12. The summed E-state index contributed by atoms with van der Waals surface area (Å²) in [5.41, 5.74) is 0. The first-order valence-corrected chi connectivity index (χ1v) is 5.14. The normalized spacial score (nSPS) is 10.5. The number of hydrogen-bond donors (Lipinski definition) is 1. The van der Waals surface area contributed by atoms with Crippen molar-refractivity contribution in [3.05, 3.63) is 22.4 Å². The second-order valence-corrected chi connectivity index (χ2v) is 4.40. The van der Waals surface area contributed by atoms with Crippen LogP contribution in [0, 0.1) is 0 Å². The third-order valence-electron chi connectivity index (χ3n) is 1.56. The van der Waals surface area contributed by atoms with E-state index in [1.54, 1.807) is 12.1 Å². The quantitative estimate of drug-likeness (QED) is 0.895. The highest BCUT2D eigenvalue weighted by molar-refractivity contribution is 7.19. The van der Waals surface area contributed by atoms with Gasteiger partial charge in [0.15, 0.2) is 0 Å². The van der Waals surface area contributed by atoms with Gasteiger partial charge >= 0.3 is 5.97 Å². The van der Waals surface area contributed by atoms with E-state index in [2.05, 4.69) is 10.1 Å². The molecule has 1 N–H and O–H groups in total. The molecular weight excluding hydrogens is 240 g/mol. The van der Waals surface area contributed by atoms with Crippen molar-refractivity contribution in [3.8, 4) is 10.7 Å². The summed E-state index contributed by atoms with van der Waals surface area (Å²) in [5, 5.41) is 12.2. The van der Waals surface area contributed by atoms with Crippen LogP contribution in [0.15, 0.2) is 16.7 Å². The van der Waals surface area contributed by atoms with Crippen LogP contribution < -0.4 is 0 Å². The van der Waals surface area contributed by atoms with Gasteiger partial charge in [0.2, 0.25) is 11.7 Å². The molecule has 2 aromatic heterocycles. The van der Waals surface area contributed by atoms with Gasteiger partial charge in [0.05, 0.1) is 9.21 Å². The molecule has 2 heterocycles. The molecule has 2 rings (SSSR count). The molecule has 0 amide bonds. The SMILES string of the molecule is O=C(O)Cc1nc(-c2ccc(Cl)s2)no1. The average Bonchev–Trinajstić information content (AvgIpc) is 2.72. The molecule has 0 atom stereocenters. The van der Waals surface area contributed by atoms with Crippen molar-refractivity contribution in [1.82, 2.24) is 10.1 Å². The summed E-state index contributed by atoms with van der Waals surface area (Å²) in [6.45, 7) is 0. The van der Waals surface area contributed by atoms with Gasteiger partial charge in [-0.2, -0.15) is 4.98 Å². The molecule has 0 fully saturated rings. The molecule has 0 saturated carbocycles. The van der Waals surface area contributed by atoms with Gasteiger partial charge in [-0.05, 0) is 12.1 Å². The lowest BCUT2D eigenvalue weighted by Gasteiger charge is -1.84. The smallest absolute Gasteiger partial charge is 0.312 e. The van der Waals surface area contributed by atoms with Crippen LogP contribution in [0.25, 0.3) is 10.7 Å². The van der Waals surface area contributed by atoms with Crippen molar-refractivity contribution >= 4 is 28.9 Å². The minimum atomic E-state index is -1.01. The van der Waals surface area contributed by atoms with E-state index in [9.17, 15) is 4.79 Å². The van der Waals surface area contributed by atoms with E-state index in [0.717, 1.165) is 4.88 Å². The molecule has 0 bridgehead atoms. The first-order valence-electron chi connectivity index (χ1n) is 3.95. The molecule has 0 aliphatic rings. The maximum Gasteiger partial charge on any atom is 0.312 e. The Morgan fingerprint density at radius 3 is 3.00 bits per heavy atom. The topological polar surface area (TPSA) is 76.2 Å². The second-order valence-electron chi connectivity index (χ2n) is 2.69. The van der Waals surface area contributed by atoms with Crippen LogP contribution in [-0.2, 0) is 11.2 Å². The van der Waals surface area contributed by atoms with E-state index in [1.165, 1.54) is 11.3 Å². The predicted molar refractivity (Wildman–Crippen MR) is 54.0 cm³/mol. The number of aromatic nitrogens is 2. The Morgan fingerprint density at radius 1 is 1.60 bits per heavy atom. The van der Waals surface area contributed by atoms with Crippen LogP contribution in [0.2, 0.25) is 4.34 Å². The van der Waals surface area contributed by atoms with Crippen molar-refractivity contribution in [2.24, 2.45) is 0 Å². The fourth-order valence-electron chi connectivity index (χ4n) is 0.991. The van der Waals surface area contributed by atoms with E-state index in [0.29, 0.717) is 10.2 Å². The van der Waals surface area contributed by atoms with Gasteiger partial charge in [0.25, 0.3) is 0 Å². The summed E-state index contributed by atoms with van der Waals surface area (Å²) in [7, 11) is 0. The third kappa shape index (κ3) is 2.34. The zero-order valence-corrected chi connectivity index (χ0v) is 8.88. The molecule has 0 aromatic carbocycles. The van der Waals surface area contributed by atoms with Crippen LogP contribution >= 0.6 is 22.9 Å². The van der Waals surface area contributed by atoms with Crippen LogP contribution in [0.5, 0.6) is 0 Å². The van der Waals surface area contributed by atoms with E-state index in [4.69, 9.17) is 21.2 Å². The minimum Gasteiger partial charge on any atom is -0.481 e. The molecular formula is C8H5ClN2O3S. The Labute approximate surface area is 93.3 Å². The van der Waals surface area contributed by atoms with Crippen molar-refractivity contribution < 1.29 is 14.4 Å². The maximum atomic E-state index is 10.4. The highest BCUT2D eigenvalue weighted by atomic mass is 35.5. The van der Waals surface area contributed by atoms with E-state index in [-0.39, 0.29) is 12.3 Å². The Kier molecular flexibility index (Phi) is 2.70. The van der Waals surface area contributed by atoms with Crippen molar-refractivity contribution in [2.75, 3.05) is 0 Å². The summed E-state index contributed by atoms with van der Waals surface area (Å²) in [6, 6.07) is 3.47. The highest BCUT2D eigenvalue weighted by Crippen LogP contribution is 2.28. The number of halogens is 1. The largest absolute Gasteiger partial charge is 0.481 e. The Hall–Kier alpha value is -1.40. The van der Waals surface area contributed by atoms with Gasteiger partial charge in [-0.3, -0.25) is 4.79 Å². The lowest BCUT2D eigenvalue weighted by atomic mass is 10.4. The lowest BCUT2D eigenvalue weighted by Crippen LogP contribution is -1.99. The van der Waals surface area contributed by atoms with Gasteiger partial charge in [-0.25, -0.2) is 0 Å². The zero-order valence-electron chi connectivity index (χ0n) is 7.31. The minimum absolute atomic E-state index is 0.0852. The van der Waals surface area contributed by atoms with Crippen LogP contribution in [-0.4, -0.2) is 21.2 Å². The van der Waals surface area contributed by atoms with Gasteiger partial charge in [-0.1, -0.05) is 16.8 Å². The molecule has 2 aromatic rings. The maximum absolute atomic E-state index is 10.4. The number of carbonyl (C=O) groups is 1. The van der Waals surface area contributed by atoms with E-state index >= 15 is 0 Å². The summed E-state index contributed by atoms with van der Waals surface area (Å²) in [6.07, 6.45) is -0.272. The number of thiophene rings is 1. The average molecular weight is 245 g/mol. The van der Waals surface area contributed by atoms with Crippen molar-refractivity contribution in [2.45, 2.75) is 6.42 Å². The molecule has 5 nitrogen and oxygen atoms in total. The van der Waals surface area contributed by atoms with Gasteiger partial charge in [0.1, 0.15) is 6.42 Å². The Morgan fingerprint density at radius 2 is 2.40 bits per heavy atom. The Balaban J connectivity index is 2.23. The first-order chi connectivity index (χ1) is 7.15. The standard InChI is InChI=1S/C8H5ClN2O3S/c9-5-2-1-4(15-5)8-10-6(14-11-8)3-7(12)13/h1-2H,3H2,(H,12,13). The summed E-state index contributed by atoms with van der Waals surface area (Å²) in [5.74, 6) is -0.556. The molecule has 7 heteroatoms. The van der Waals surface area contributed by atoms with Crippen LogP contribution in [0.4, 0.5) is 0 Å². The number of rotatable bonds is 3. The second kappa shape index (κ2) is 4.00. The van der Waals surface area contributed by atoms with Crippen molar-refractivity contribution in [3.63, 3.8) is 0 Å². The van der Waals surface area contributed by atoms with Gasteiger partial charge < -0.3 is 9.63 Å². The predicted octanol–water partition coefficient (Wildman–Crippen LogP) is 2.08. The molecule has 15 heavy (non-hydrogen) atoms. The van der Waals surface area contributed by atoms with Gasteiger partial charge in [0, 0.05) is 0 Å². The number of carboxylic acids is 1. The lowest BCUT2D eigenvalue weighted by molar-refractivity contribution is -0.136. The molecule has 0 aliphatic carbocycles. The summed E-state index contributed by atoms with van der Waals surface area (Å²) in [4.78, 5) is 15.0. The molecule has 0 aliphatic heterocycles. The first kappa shape index (κ1) is 10.1. The number of aliphatic carboxylic acids is 1. The van der Waals surface area contributed by atoms with Crippen LogP contribution in [0.3, 0.4) is 0 Å². The van der Waals surface area contributed by atoms with E-state index in [1.807, 2.05) is 0 Å². The summed E-state index contributed by atoms with van der Waals surface area (Å²) >= 11 is 7.05. The molecule has 0 spiro atoms. The Bertz CT molecular complexity index is 494. The fourth-order valence-corrected chi connectivity index (χ4v) is 1.96. The van der Waals surface area contributed by atoms with Crippen molar-refractivity contribution in [1.29, 1.82) is 0 Å².